The van der Waals surface area contributed by atoms with Crippen LogP contribution in [0.1, 0.15) is 11.1 Å². The van der Waals surface area contributed by atoms with Crippen molar-refractivity contribution >= 4 is 43.6 Å². The average Bonchev–Trinajstić information content (AvgIpc) is 3.72. The molecule has 0 saturated heterocycles. The highest BCUT2D eigenvalue weighted by Gasteiger charge is 2.19. The van der Waals surface area contributed by atoms with Crippen LogP contribution in [0.15, 0.2) is 158 Å². The third-order valence-corrected chi connectivity index (χ3v) is 9.85. The van der Waals surface area contributed by atoms with Crippen molar-refractivity contribution in [2.75, 3.05) is 0 Å². The summed E-state index contributed by atoms with van der Waals surface area (Å²) in [6.07, 6.45) is 7.27. The predicted molar refractivity (Wildman–Crippen MR) is 214 cm³/mol. The highest BCUT2D eigenvalue weighted by molar-refractivity contribution is 6.10. The Morgan fingerprint density at radius 3 is 1.39 bits per heavy atom. The van der Waals surface area contributed by atoms with Gasteiger partial charge in [0.05, 0.1) is 22.1 Å². The highest BCUT2D eigenvalue weighted by Crippen LogP contribution is 2.41. The van der Waals surface area contributed by atoms with Gasteiger partial charge in [-0.15, -0.1) is 0 Å². The molecule has 5 heterocycles. The molecule has 5 aromatic carbocycles. The lowest BCUT2D eigenvalue weighted by molar-refractivity contribution is 0.454. The van der Waals surface area contributed by atoms with Crippen LogP contribution in [0.5, 0.6) is 23.0 Å². The highest BCUT2D eigenvalue weighted by atomic mass is 16.5. The lowest BCUT2D eigenvalue weighted by Crippen LogP contribution is -1.98. The van der Waals surface area contributed by atoms with Crippen molar-refractivity contribution in [3.05, 3.63) is 169 Å². The van der Waals surface area contributed by atoms with Gasteiger partial charge in [0, 0.05) is 69.6 Å². The van der Waals surface area contributed by atoms with Gasteiger partial charge in [0.25, 0.3) is 0 Å². The molecule has 0 aliphatic carbocycles. The minimum atomic E-state index is 0.576. The lowest BCUT2D eigenvalue weighted by atomic mass is 10.1. The molecule has 0 fully saturated rings. The molecule has 0 saturated carbocycles. The number of aromatic nitrogens is 6. The van der Waals surface area contributed by atoms with Gasteiger partial charge in [-0.3, -0.25) is 9.13 Å². The van der Waals surface area contributed by atoms with Crippen molar-refractivity contribution < 1.29 is 9.47 Å². The maximum atomic E-state index is 6.77. The predicted octanol–water partition coefficient (Wildman–Crippen LogP) is 11.3. The van der Waals surface area contributed by atoms with E-state index in [0.717, 1.165) is 71.9 Å². The summed E-state index contributed by atoms with van der Waals surface area (Å²) in [5.74, 6) is 4.88. The molecular formula is C46H32N6O2. The van der Waals surface area contributed by atoms with Crippen molar-refractivity contribution in [2.24, 2.45) is 0 Å². The summed E-state index contributed by atoms with van der Waals surface area (Å²) >= 11 is 0. The van der Waals surface area contributed by atoms with Crippen LogP contribution >= 0.6 is 0 Å². The van der Waals surface area contributed by atoms with Crippen molar-refractivity contribution in [1.29, 1.82) is 0 Å². The van der Waals surface area contributed by atoms with Gasteiger partial charge in [-0.2, -0.15) is 0 Å². The van der Waals surface area contributed by atoms with Crippen LogP contribution in [0.2, 0.25) is 0 Å². The first-order valence-corrected chi connectivity index (χ1v) is 17.8. The summed E-state index contributed by atoms with van der Waals surface area (Å²) in [6, 6.07) is 45.0. The van der Waals surface area contributed by atoms with Gasteiger partial charge < -0.3 is 9.47 Å². The molecule has 5 aromatic heterocycles. The number of benzene rings is 5. The van der Waals surface area contributed by atoms with Crippen LogP contribution in [0, 0.1) is 13.8 Å². The van der Waals surface area contributed by atoms with Crippen molar-refractivity contribution in [2.45, 2.75) is 13.8 Å². The van der Waals surface area contributed by atoms with Crippen molar-refractivity contribution in [3.8, 4) is 46.0 Å². The number of hydrogen-bond donors (Lipinski definition) is 0. The summed E-state index contributed by atoms with van der Waals surface area (Å²) < 4.78 is 17.9. The third kappa shape index (κ3) is 5.31. The molecule has 10 rings (SSSR count). The van der Waals surface area contributed by atoms with Crippen LogP contribution in [-0.2, 0) is 0 Å². The van der Waals surface area contributed by atoms with Gasteiger partial charge in [-0.25, -0.2) is 19.9 Å². The fourth-order valence-corrected chi connectivity index (χ4v) is 7.29. The third-order valence-electron chi connectivity index (χ3n) is 9.85. The minimum absolute atomic E-state index is 0.576. The van der Waals surface area contributed by atoms with E-state index in [4.69, 9.17) is 19.4 Å². The number of para-hydroxylation sites is 2. The van der Waals surface area contributed by atoms with E-state index in [9.17, 15) is 0 Å². The largest absolute Gasteiger partial charge is 0.457 e. The van der Waals surface area contributed by atoms with Gasteiger partial charge in [-0.1, -0.05) is 48.5 Å². The van der Waals surface area contributed by atoms with E-state index in [2.05, 4.69) is 91.9 Å². The second-order valence-electron chi connectivity index (χ2n) is 13.3. The first kappa shape index (κ1) is 31.4. The Balaban J connectivity index is 1.10. The quantitative estimate of drug-likeness (QED) is 0.165. The van der Waals surface area contributed by atoms with E-state index in [1.165, 1.54) is 0 Å². The van der Waals surface area contributed by atoms with Crippen LogP contribution < -0.4 is 9.47 Å². The van der Waals surface area contributed by atoms with Crippen LogP contribution in [0.25, 0.3) is 66.6 Å². The number of pyridine rings is 2. The molecule has 0 unspecified atom stereocenters. The Morgan fingerprint density at radius 2 is 0.907 bits per heavy atom. The van der Waals surface area contributed by atoms with Gasteiger partial charge in [0.15, 0.2) is 5.82 Å². The molecule has 8 nitrogen and oxygen atoms in total. The molecular weight excluding hydrogens is 669 g/mol. The standard InChI is InChI=1S/C46H32N6O2/c1-29-27-49-46(50-28-29)31-23-42(53-32-17-19-36-34-11-3-5-13-38(34)51(40(36)25-32)44-15-7-9-21-47-44)30(2)43(24-31)54-33-18-20-37-35-12-4-6-14-39(35)52(41(37)26-33)45-16-8-10-22-48-45/h3-28H,1-2H3. The van der Waals surface area contributed by atoms with Crippen molar-refractivity contribution in [1.82, 2.24) is 29.1 Å². The molecule has 54 heavy (non-hydrogen) atoms. The average molecular weight is 701 g/mol. The van der Waals surface area contributed by atoms with E-state index in [0.29, 0.717) is 28.8 Å². The molecule has 0 aliphatic heterocycles. The first-order chi connectivity index (χ1) is 26.6. The normalized spacial score (nSPS) is 11.5. The number of ether oxygens (including phenoxy) is 2. The summed E-state index contributed by atoms with van der Waals surface area (Å²) in [5.41, 5.74) is 6.74. The molecule has 0 bridgehead atoms. The Kier molecular flexibility index (Phi) is 7.40. The van der Waals surface area contributed by atoms with E-state index >= 15 is 0 Å². The minimum Gasteiger partial charge on any atom is -0.457 e. The van der Waals surface area contributed by atoms with Crippen LogP contribution in [0.3, 0.4) is 0 Å². The molecule has 10 aromatic rings. The number of aryl methyl sites for hydroxylation is 1. The zero-order chi connectivity index (χ0) is 36.2. The molecule has 8 heteroatoms. The summed E-state index contributed by atoms with van der Waals surface area (Å²) in [6.45, 7) is 3.99. The van der Waals surface area contributed by atoms with Gasteiger partial charge >= 0.3 is 0 Å². The lowest BCUT2D eigenvalue weighted by Gasteiger charge is -2.16. The zero-order valence-electron chi connectivity index (χ0n) is 29.5. The van der Waals surface area contributed by atoms with E-state index in [1.807, 2.05) is 99.3 Å². The molecule has 0 aliphatic rings. The number of nitrogens with zero attached hydrogens (tertiary/aromatic N) is 6. The molecule has 0 atom stereocenters. The van der Waals surface area contributed by atoms with Crippen LogP contribution in [0.4, 0.5) is 0 Å². The molecule has 0 N–H and O–H groups in total. The second kappa shape index (κ2) is 12.7. The summed E-state index contributed by atoms with van der Waals surface area (Å²) in [5, 5.41) is 4.53. The molecule has 0 spiro atoms. The van der Waals surface area contributed by atoms with Crippen LogP contribution in [-0.4, -0.2) is 29.1 Å². The second-order valence-corrected chi connectivity index (χ2v) is 13.3. The number of rotatable bonds is 7. The first-order valence-electron chi connectivity index (χ1n) is 17.8. The Bertz CT molecular complexity index is 2830. The smallest absolute Gasteiger partial charge is 0.159 e. The maximum absolute atomic E-state index is 6.77. The Labute approximate surface area is 310 Å². The van der Waals surface area contributed by atoms with E-state index in [1.54, 1.807) is 0 Å². The zero-order valence-corrected chi connectivity index (χ0v) is 29.5. The Hall–Kier alpha value is -7.32. The summed E-state index contributed by atoms with van der Waals surface area (Å²) in [4.78, 5) is 18.7. The van der Waals surface area contributed by atoms with Gasteiger partial charge in [0.1, 0.15) is 34.6 Å². The van der Waals surface area contributed by atoms with Gasteiger partial charge in [-0.05, 0) is 92.2 Å². The topological polar surface area (TPSA) is 79.9 Å². The molecule has 258 valence electrons. The number of fused-ring (bicyclic) bond motifs is 6. The summed E-state index contributed by atoms with van der Waals surface area (Å²) in [7, 11) is 0. The number of hydrogen-bond acceptors (Lipinski definition) is 6. The SMILES string of the molecule is Cc1cnc(-c2cc(Oc3ccc4c5ccccc5n(-c5ccccn5)c4c3)c(C)c(Oc3ccc4c5ccccc5n(-c5ccccn5)c4c3)c2)nc1. The molecule has 0 radical (unpaired) electrons. The van der Waals surface area contributed by atoms with Crippen molar-refractivity contribution in [3.63, 3.8) is 0 Å². The van der Waals surface area contributed by atoms with E-state index in [-0.39, 0.29) is 0 Å². The fraction of sp³-hybridized carbons (Fsp3) is 0.0435. The van der Waals surface area contributed by atoms with Gasteiger partial charge in [0.2, 0.25) is 0 Å². The maximum Gasteiger partial charge on any atom is 0.159 e. The van der Waals surface area contributed by atoms with E-state index < -0.39 is 0 Å². The monoisotopic (exact) mass is 700 g/mol. The fourth-order valence-electron chi connectivity index (χ4n) is 7.29. The Morgan fingerprint density at radius 1 is 0.444 bits per heavy atom. The molecule has 0 amide bonds.